The quantitative estimate of drug-likeness (QED) is 0.671. The molecule has 6 heteroatoms. The molecule has 1 aliphatic heterocycles. The van der Waals surface area contributed by atoms with Gasteiger partial charge in [0.25, 0.3) is 5.91 Å². The molecule has 1 N–H and O–H groups in total. The summed E-state index contributed by atoms with van der Waals surface area (Å²) in [7, 11) is 1.86. The fourth-order valence-corrected chi connectivity index (χ4v) is 4.69. The Morgan fingerprint density at radius 2 is 2.11 bits per heavy atom. The predicted octanol–water partition coefficient (Wildman–Crippen LogP) is 4.47. The lowest BCUT2D eigenvalue weighted by molar-refractivity contribution is 0.0776. The van der Waals surface area contributed by atoms with Gasteiger partial charge in [0, 0.05) is 25.0 Å². The van der Waals surface area contributed by atoms with Crippen LogP contribution < -0.4 is 0 Å². The van der Waals surface area contributed by atoms with Crippen LogP contribution >= 0.6 is 11.3 Å². The van der Waals surface area contributed by atoms with Crippen LogP contribution in [-0.4, -0.2) is 39.5 Å². The summed E-state index contributed by atoms with van der Waals surface area (Å²) in [5, 5.41) is 9.51. The maximum atomic E-state index is 13.1. The third kappa shape index (κ3) is 4.18. The topological polar surface area (TPSA) is 52.2 Å². The van der Waals surface area contributed by atoms with Gasteiger partial charge in [0.1, 0.15) is 0 Å². The van der Waals surface area contributed by atoms with Gasteiger partial charge in [0.15, 0.2) is 0 Å². The molecule has 0 bridgehead atoms. The van der Waals surface area contributed by atoms with E-state index in [2.05, 4.69) is 32.6 Å². The molecule has 0 saturated carbocycles. The zero-order valence-corrected chi connectivity index (χ0v) is 17.0. The first kappa shape index (κ1) is 18.9. The number of carbonyl (C=O) groups is 1. The molecule has 1 aromatic carbocycles. The number of amides is 1. The Bertz CT molecular complexity index is 890. The van der Waals surface area contributed by atoms with Crippen molar-refractivity contribution in [2.24, 2.45) is 0 Å². The minimum absolute atomic E-state index is 0.0225. The van der Waals surface area contributed by atoms with Gasteiger partial charge in [-0.3, -0.25) is 14.8 Å². The van der Waals surface area contributed by atoms with Crippen LogP contribution in [0, 0.1) is 0 Å². The molecule has 1 fully saturated rings. The lowest BCUT2D eigenvalue weighted by Gasteiger charge is -2.35. The predicted molar refractivity (Wildman–Crippen MR) is 112 cm³/mol. The number of hydrogen-bond donors (Lipinski definition) is 1. The highest BCUT2D eigenvalue weighted by Crippen LogP contribution is 2.33. The first-order chi connectivity index (χ1) is 13.7. The molecule has 1 aliphatic rings. The van der Waals surface area contributed by atoms with Gasteiger partial charge in [-0.25, -0.2) is 0 Å². The molecular weight excluding hydrogens is 368 g/mol. The first-order valence-corrected chi connectivity index (χ1v) is 10.7. The molecule has 4 rings (SSSR count). The van der Waals surface area contributed by atoms with Gasteiger partial charge >= 0.3 is 0 Å². The van der Waals surface area contributed by atoms with Crippen molar-refractivity contribution in [2.45, 2.75) is 38.4 Å². The normalized spacial score (nSPS) is 17.5. The Labute approximate surface area is 170 Å². The summed E-state index contributed by atoms with van der Waals surface area (Å²) >= 11 is 1.79. The van der Waals surface area contributed by atoms with Crippen molar-refractivity contribution in [3.05, 3.63) is 75.7 Å². The number of nitrogens with zero attached hydrogens (tertiary/aromatic N) is 3. The lowest BCUT2D eigenvalue weighted by Crippen LogP contribution is -2.35. The van der Waals surface area contributed by atoms with E-state index in [1.54, 1.807) is 22.4 Å². The van der Waals surface area contributed by atoms with Gasteiger partial charge in [0.2, 0.25) is 0 Å². The second kappa shape index (κ2) is 8.71. The van der Waals surface area contributed by atoms with Crippen LogP contribution in [0.1, 0.15) is 51.8 Å². The molecule has 5 nitrogen and oxygen atoms in total. The third-order valence-electron chi connectivity index (χ3n) is 5.39. The summed E-state index contributed by atoms with van der Waals surface area (Å²) in [6, 6.07) is 14.6. The molecule has 3 aromatic rings. The van der Waals surface area contributed by atoms with Gasteiger partial charge in [-0.1, -0.05) is 42.8 Å². The van der Waals surface area contributed by atoms with Crippen LogP contribution in [0.5, 0.6) is 0 Å². The van der Waals surface area contributed by atoms with E-state index in [9.17, 15) is 4.79 Å². The van der Waals surface area contributed by atoms with Crippen molar-refractivity contribution in [2.75, 3.05) is 13.6 Å². The second-order valence-electron chi connectivity index (χ2n) is 7.41. The van der Waals surface area contributed by atoms with Crippen molar-refractivity contribution in [1.29, 1.82) is 0 Å². The molecule has 0 radical (unpaired) electrons. The Kier molecular flexibility index (Phi) is 5.88. The zero-order valence-electron chi connectivity index (χ0n) is 16.2. The Morgan fingerprint density at radius 3 is 2.89 bits per heavy atom. The van der Waals surface area contributed by atoms with E-state index in [0.29, 0.717) is 12.1 Å². The fraction of sp³-hybridized carbons (Fsp3) is 0.364. The minimum Gasteiger partial charge on any atom is -0.337 e. The lowest BCUT2D eigenvalue weighted by atomic mass is 9.96. The van der Waals surface area contributed by atoms with Crippen molar-refractivity contribution >= 4 is 17.2 Å². The molecular formula is C22H26N4OS. The average molecular weight is 395 g/mol. The number of benzene rings is 1. The highest BCUT2D eigenvalue weighted by molar-refractivity contribution is 7.09. The van der Waals surface area contributed by atoms with E-state index in [-0.39, 0.29) is 11.9 Å². The maximum Gasteiger partial charge on any atom is 0.257 e. The summed E-state index contributed by atoms with van der Waals surface area (Å²) in [6.07, 6.45) is 5.12. The highest BCUT2D eigenvalue weighted by atomic mass is 32.1. The number of H-pyrrole nitrogens is 1. The summed E-state index contributed by atoms with van der Waals surface area (Å²) in [6.45, 7) is 2.57. The van der Waals surface area contributed by atoms with E-state index >= 15 is 0 Å². The molecule has 1 saturated heterocycles. The fourth-order valence-electron chi connectivity index (χ4n) is 3.97. The molecule has 0 unspecified atom stereocenters. The van der Waals surface area contributed by atoms with Gasteiger partial charge in [0.05, 0.1) is 23.5 Å². The van der Waals surface area contributed by atoms with E-state index in [1.165, 1.54) is 17.7 Å². The molecule has 146 valence electrons. The summed E-state index contributed by atoms with van der Waals surface area (Å²) < 4.78 is 0. The molecule has 1 amide bonds. The number of aromatic nitrogens is 2. The Hall–Kier alpha value is -2.44. The molecule has 0 spiro atoms. The molecule has 3 heterocycles. The maximum absolute atomic E-state index is 13.1. The number of piperidine rings is 1. The summed E-state index contributed by atoms with van der Waals surface area (Å²) in [5.74, 6) is 0.0225. The second-order valence-corrected chi connectivity index (χ2v) is 8.44. The van der Waals surface area contributed by atoms with Crippen molar-refractivity contribution in [3.63, 3.8) is 0 Å². The number of thiophene rings is 1. The van der Waals surface area contributed by atoms with Gasteiger partial charge in [-0.2, -0.15) is 5.10 Å². The van der Waals surface area contributed by atoms with Gasteiger partial charge in [-0.05, 0) is 36.4 Å². The number of carbonyl (C=O) groups excluding carboxylic acids is 1. The van der Waals surface area contributed by atoms with E-state index < -0.39 is 0 Å². The average Bonchev–Trinajstić information content (AvgIpc) is 3.40. The number of aromatic amines is 1. The summed E-state index contributed by atoms with van der Waals surface area (Å²) in [4.78, 5) is 18.8. The van der Waals surface area contributed by atoms with Gasteiger partial charge in [-0.15, -0.1) is 11.3 Å². The molecule has 1 atom stereocenters. The summed E-state index contributed by atoms with van der Waals surface area (Å²) in [5.41, 5.74) is 2.78. The number of nitrogens with one attached hydrogen (secondary N) is 1. The smallest absolute Gasteiger partial charge is 0.257 e. The molecule has 0 aliphatic carbocycles. The molecule has 28 heavy (non-hydrogen) atoms. The van der Waals surface area contributed by atoms with Crippen molar-refractivity contribution < 1.29 is 4.79 Å². The van der Waals surface area contributed by atoms with Crippen LogP contribution in [0.15, 0.2) is 54.0 Å². The zero-order chi connectivity index (χ0) is 19.3. The number of hydrogen-bond acceptors (Lipinski definition) is 4. The first-order valence-electron chi connectivity index (χ1n) is 9.81. The van der Waals surface area contributed by atoms with E-state index in [0.717, 1.165) is 30.8 Å². The van der Waals surface area contributed by atoms with Crippen LogP contribution in [0.25, 0.3) is 0 Å². The monoisotopic (exact) mass is 394 g/mol. The largest absolute Gasteiger partial charge is 0.337 e. The molecule has 2 aromatic heterocycles. The Balaban J connectivity index is 1.52. The SMILES string of the molecule is CN(Cc1ccccc1)C(=O)c1cn[nH]c1[C@H]1CCCCN1Cc1cccs1. The Morgan fingerprint density at radius 1 is 1.25 bits per heavy atom. The minimum atomic E-state index is 0.0225. The van der Waals surface area contributed by atoms with Crippen LogP contribution in [0.4, 0.5) is 0 Å². The highest BCUT2D eigenvalue weighted by Gasteiger charge is 2.30. The van der Waals surface area contributed by atoms with Crippen LogP contribution in [0.3, 0.4) is 0 Å². The standard InChI is InChI=1S/C22H26N4OS/c1-25(15-17-8-3-2-4-9-17)22(27)19-14-23-24-21(19)20-11-5-6-12-26(20)16-18-10-7-13-28-18/h2-4,7-10,13-14,20H,5-6,11-12,15-16H2,1H3,(H,23,24)/t20-/m1/s1. The van der Waals surface area contributed by atoms with Gasteiger partial charge < -0.3 is 4.90 Å². The third-order valence-corrected chi connectivity index (χ3v) is 6.26. The number of rotatable bonds is 6. The number of likely N-dealkylation sites (tertiary alicyclic amines) is 1. The van der Waals surface area contributed by atoms with Crippen molar-refractivity contribution in [1.82, 2.24) is 20.0 Å². The van der Waals surface area contributed by atoms with E-state index in [1.807, 2.05) is 37.4 Å². The van der Waals surface area contributed by atoms with Crippen LogP contribution in [-0.2, 0) is 13.1 Å². The van der Waals surface area contributed by atoms with Crippen molar-refractivity contribution in [3.8, 4) is 0 Å². The van der Waals surface area contributed by atoms with E-state index in [4.69, 9.17) is 0 Å². The van der Waals surface area contributed by atoms with Crippen LogP contribution in [0.2, 0.25) is 0 Å².